The van der Waals surface area contributed by atoms with E-state index in [-0.39, 0.29) is 0 Å². The summed E-state index contributed by atoms with van der Waals surface area (Å²) in [4.78, 5) is 0. The van der Waals surface area contributed by atoms with Gasteiger partial charge < -0.3 is 4.42 Å². The smallest absolute Gasteiger partial charge is 0.135 e. The third kappa shape index (κ3) is 6.60. The maximum Gasteiger partial charge on any atom is 0.135 e. The number of hydrogen-bond acceptors (Lipinski definition) is 1. The van der Waals surface area contributed by atoms with Crippen LogP contribution in [0.15, 0.2) is 205 Å². The molecule has 1 atom stereocenters. The van der Waals surface area contributed by atoms with Gasteiger partial charge in [0.05, 0.1) is 0 Å². The lowest BCUT2D eigenvalue weighted by atomic mass is 9.85. The van der Waals surface area contributed by atoms with Crippen molar-refractivity contribution in [3.63, 3.8) is 0 Å². The molecule has 0 amide bonds. The fourth-order valence-corrected chi connectivity index (χ4v) is 8.47. The zero-order valence-corrected chi connectivity index (χ0v) is 30.7. The molecule has 0 bridgehead atoms. The van der Waals surface area contributed by atoms with Crippen molar-refractivity contribution in [2.45, 2.75) is 25.2 Å². The molecule has 10 rings (SSSR count). The normalized spacial score (nSPS) is 12.1. The molecule has 1 heterocycles. The summed E-state index contributed by atoms with van der Waals surface area (Å²) >= 11 is 0. The first-order valence-corrected chi connectivity index (χ1v) is 19.4. The van der Waals surface area contributed by atoms with Gasteiger partial charge in [-0.05, 0) is 127 Å². The lowest BCUT2D eigenvalue weighted by Crippen LogP contribution is -2.06. The molecular formula is C54H40O. The highest BCUT2D eigenvalue weighted by molar-refractivity contribution is 6.06. The fourth-order valence-electron chi connectivity index (χ4n) is 8.47. The molecule has 9 aromatic carbocycles. The Hall–Kier alpha value is -6.70. The van der Waals surface area contributed by atoms with E-state index in [0.717, 1.165) is 30.4 Å². The maximum absolute atomic E-state index is 6.29. The van der Waals surface area contributed by atoms with Gasteiger partial charge in [0.15, 0.2) is 0 Å². The number of rotatable bonds is 9. The molecule has 1 unspecified atom stereocenters. The molecule has 0 radical (unpaired) electrons. The molecule has 55 heavy (non-hydrogen) atoms. The average Bonchev–Trinajstić information content (AvgIpc) is 3.65. The first-order chi connectivity index (χ1) is 27.2. The van der Waals surface area contributed by atoms with Crippen molar-refractivity contribution in [3.8, 4) is 33.4 Å². The summed E-state index contributed by atoms with van der Waals surface area (Å²) in [5.74, 6) is 0.344. The monoisotopic (exact) mass is 704 g/mol. The van der Waals surface area contributed by atoms with Gasteiger partial charge in [0.2, 0.25) is 0 Å². The molecule has 0 saturated heterocycles. The van der Waals surface area contributed by atoms with Gasteiger partial charge in [0, 0.05) is 10.8 Å². The quantitative estimate of drug-likeness (QED) is 0.146. The van der Waals surface area contributed by atoms with Crippen LogP contribution in [0.3, 0.4) is 0 Å². The van der Waals surface area contributed by atoms with Crippen molar-refractivity contribution in [2.75, 3.05) is 0 Å². The van der Waals surface area contributed by atoms with E-state index >= 15 is 0 Å². The van der Waals surface area contributed by atoms with Crippen LogP contribution in [0.25, 0.3) is 76.9 Å². The van der Waals surface area contributed by atoms with Gasteiger partial charge in [-0.1, -0.05) is 170 Å². The third-order valence-electron chi connectivity index (χ3n) is 11.4. The van der Waals surface area contributed by atoms with Gasteiger partial charge in [-0.2, -0.15) is 0 Å². The van der Waals surface area contributed by atoms with Crippen molar-refractivity contribution in [1.82, 2.24) is 0 Å². The third-order valence-corrected chi connectivity index (χ3v) is 11.4. The number of furan rings is 1. The second-order valence-corrected chi connectivity index (χ2v) is 14.9. The highest BCUT2D eigenvalue weighted by Gasteiger charge is 2.18. The molecule has 10 aromatic rings. The largest absolute Gasteiger partial charge is 0.456 e. The maximum atomic E-state index is 6.29. The predicted octanol–water partition coefficient (Wildman–Crippen LogP) is 14.9. The number of fused-ring (bicyclic) bond motifs is 5. The second kappa shape index (κ2) is 14.3. The van der Waals surface area contributed by atoms with Crippen molar-refractivity contribution in [3.05, 3.63) is 217 Å². The zero-order valence-electron chi connectivity index (χ0n) is 30.7. The first kappa shape index (κ1) is 32.9. The summed E-state index contributed by atoms with van der Waals surface area (Å²) in [6, 6.07) is 73.1. The number of para-hydroxylation sites is 1. The number of hydrogen-bond donors (Lipinski definition) is 0. The molecule has 262 valence electrons. The van der Waals surface area contributed by atoms with E-state index in [1.807, 2.05) is 0 Å². The highest BCUT2D eigenvalue weighted by atomic mass is 16.3. The number of aryl methyl sites for hydroxylation is 1. The van der Waals surface area contributed by atoms with Crippen LogP contribution in [0.4, 0.5) is 0 Å². The van der Waals surface area contributed by atoms with Gasteiger partial charge >= 0.3 is 0 Å². The first-order valence-electron chi connectivity index (χ1n) is 19.4. The molecule has 1 nitrogen and oxygen atoms in total. The summed E-state index contributed by atoms with van der Waals surface area (Å²) < 4.78 is 6.29. The molecule has 1 heteroatoms. The van der Waals surface area contributed by atoms with Crippen molar-refractivity contribution < 1.29 is 4.42 Å². The van der Waals surface area contributed by atoms with Crippen LogP contribution in [0.1, 0.15) is 29.0 Å². The van der Waals surface area contributed by atoms with E-state index in [4.69, 9.17) is 4.42 Å². The second-order valence-electron chi connectivity index (χ2n) is 14.9. The van der Waals surface area contributed by atoms with Crippen LogP contribution in [0.5, 0.6) is 0 Å². The van der Waals surface area contributed by atoms with Crippen LogP contribution in [0.2, 0.25) is 0 Å². The minimum absolute atomic E-state index is 0.344. The molecule has 0 spiro atoms. The average molecular weight is 705 g/mol. The Kier molecular flexibility index (Phi) is 8.54. The Bertz CT molecular complexity index is 2950. The molecule has 0 fully saturated rings. The van der Waals surface area contributed by atoms with Gasteiger partial charge in [-0.3, -0.25) is 0 Å². The molecule has 0 aliphatic rings. The Morgan fingerprint density at radius 3 is 1.76 bits per heavy atom. The van der Waals surface area contributed by atoms with E-state index in [2.05, 4.69) is 200 Å². The minimum Gasteiger partial charge on any atom is -0.456 e. The van der Waals surface area contributed by atoms with Crippen molar-refractivity contribution >= 4 is 43.5 Å². The minimum atomic E-state index is 0.344. The van der Waals surface area contributed by atoms with E-state index in [1.54, 1.807) is 0 Å². The summed E-state index contributed by atoms with van der Waals surface area (Å²) in [6.07, 6.45) is 2.99. The predicted molar refractivity (Wildman–Crippen MR) is 233 cm³/mol. The van der Waals surface area contributed by atoms with E-state index in [0.29, 0.717) is 5.92 Å². The van der Waals surface area contributed by atoms with Crippen LogP contribution < -0.4 is 0 Å². The standard InChI is InChI=1S/C54H40O/c1-2-10-38(11-3-1)40-24-26-41(27-25-40)46(36-50-16-9-19-53-54(50)51-17-6-7-18-52(51)55-53)22-20-37-21-23-47-35-49(31-30-45(47)32-37)44-15-8-14-43(34-44)48-29-28-39-12-4-5-13-42(39)33-48/h1-19,21,23-35,46H,20,22,36H2. The van der Waals surface area contributed by atoms with Crippen LogP contribution in [-0.4, -0.2) is 0 Å². The molecule has 0 N–H and O–H groups in total. The summed E-state index contributed by atoms with van der Waals surface area (Å²) in [7, 11) is 0. The van der Waals surface area contributed by atoms with Crippen LogP contribution >= 0.6 is 0 Å². The summed E-state index contributed by atoms with van der Waals surface area (Å²) in [6.45, 7) is 0. The Morgan fingerprint density at radius 1 is 0.382 bits per heavy atom. The van der Waals surface area contributed by atoms with Gasteiger partial charge in [0.1, 0.15) is 11.2 Å². The molecule has 0 aliphatic carbocycles. The topological polar surface area (TPSA) is 13.1 Å². The lowest BCUT2D eigenvalue weighted by molar-refractivity contribution is 0.622. The van der Waals surface area contributed by atoms with Crippen molar-refractivity contribution in [2.24, 2.45) is 0 Å². The Labute approximate surface area is 322 Å². The van der Waals surface area contributed by atoms with Gasteiger partial charge in [-0.25, -0.2) is 0 Å². The molecule has 1 aromatic heterocycles. The SMILES string of the molecule is c1ccc(-c2ccc(C(CCc3ccc4cc(-c5cccc(-c6ccc7ccccc7c6)c5)ccc4c3)Cc3cccc4oc5ccccc5c34)cc2)cc1. The van der Waals surface area contributed by atoms with E-state index < -0.39 is 0 Å². The fraction of sp³-hybridized carbons (Fsp3) is 0.0741. The van der Waals surface area contributed by atoms with Crippen molar-refractivity contribution in [1.29, 1.82) is 0 Å². The summed E-state index contributed by atoms with van der Waals surface area (Å²) in [5, 5.41) is 7.52. The zero-order chi connectivity index (χ0) is 36.6. The molecule has 0 aliphatic heterocycles. The van der Waals surface area contributed by atoms with E-state index in [1.165, 1.54) is 82.4 Å². The Balaban J connectivity index is 0.929. The molecular weight excluding hydrogens is 665 g/mol. The van der Waals surface area contributed by atoms with Crippen LogP contribution in [0, 0.1) is 0 Å². The lowest BCUT2D eigenvalue weighted by Gasteiger charge is -2.19. The van der Waals surface area contributed by atoms with Gasteiger partial charge in [0.25, 0.3) is 0 Å². The van der Waals surface area contributed by atoms with Crippen LogP contribution in [-0.2, 0) is 12.8 Å². The highest BCUT2D eigenvalue weighted by Crippen LogP contribution is 2.37. The Morgan fingerprint density at radius 2 is 0.945 bits per heavy atom. The van der Waals surface area contributed by atoms with Gasteiger partial charge in [-0.15, -0.1) is 0 Å². The number of benzene rings is 9. The summed E-state index contributed by atoms with van der Waals surface area (Å²) in [5.41, 5.74) is 13.5. The van der Waals surface area contributed by atoms with E-state index in [9.17, 15) is 0 Å². The molecule has 0 saturated carbocycles.